The second kappa shape index (κ2) is 3.46. The SMILES string of the molecule is O=C1C=c2cc(C(=O)CBr)ccc2=N1. The summed E-state index contributed by atoms with van der Waals surface area (Å²) in [5, 5.41) is 1.65. The zero-order chi connectivity index (χ0) is 10.1. The van der Waals surface area contributed by atoms with Gasteiger partial charge in [0, 0.05) is 16.9 Å². The summed E-state index contributed by atoms with van der Waals surface area (Å²) in [5.74, 6) is -0.260. The van der Waals surface area contributed by atoms with Crippen LogP contribution in [0.5, 0.6) is 0 Å². The fourth-order valence-electron chi connectivity index (χ4n) is 1.31. The van der Waals surface area contributed by atoms with Gasteiger partial charge in [-0.25, -0.2) is 4.99 Å². The van der Waals surface area contributed by atoms with E-state index in [0.29, 0.717) is 10.9 Å². The molecule has 4 heteroatoms. The monoisotopic (exact) mass is 251 g/mol. The summed E-state index contributed by atoms with van der Waals surface area (Å²) in [6.45, 7) is 0. The molecule has 0 radical (unpaired) electrons. The van der Waals surface area contributed by atoms with Crippen LogP contribution in [0.25, 0.3) is 6.08 Å². The summed E-state index contributed by atoms with van der Waals surface area (Å²) in [4.78, 5) is 26.0. The molecule has 70 valence electrons. The molecule has 0 unspecified atom stereocenters. The van der Waals surface area contributed by atoms with E-state index < -0.39 is 0 Å². The molecule has 0 atom stereocenters. The van der Waals surface area contributed by atoms with E-state index in [2.05, 4.69) is 20.9 Å². The molecule has 0 N–H and O–H groups in total. The lowest BCUT2D eigenvalue weighted by atomic mass is 10.1. The second-order valence-corrected chi connectivity index (χ2v) is 3.49. The summed E-state index contributed by atoms with van der Waals surface area (Å²) >= 11 is 3.09. The van der Waals surface area contributed by atoms with Gasteiger partial charge in [-0.1, -0.05) is 15.9 Å². The second-order valence-electron chi connectivity index (χ2n) is 2.92. The molecule has 1 aliphatic heterocycles. The number of alkyl halides is 1. The topological polar surface area (TPSA) is 46.5 Å². The van der Waals surface area contributed by atoms with Crippen LogP contribution in [-0.2, 0) is 4.79 Å². The predicted octanol–water partition coefficient (Wildman–Crippen LogP) is 0.204. The Morgan fingerprint density at radius 3 is 2.93 bits per heavy atom. The molecule has 0 saturated carbocycles. The molecule has 1 heterocycles. The van der Waals surface area contributed by atoms with E-state index in [1.807, 2.05) is 0 Å². The van der Waals surface area contributed by atoms with Crippen LogP contribution in [0.3, 0.4) is 0 Å². The van der Waals surface area contributed by atoms with Gasteiger partial charge in [0.1, 0.15) is 0 Å². The van der Waals surface area contributed by atoms with Crippen molar-refractivity contribution >= 4 is 33.7 Å². The van der Waals surface area contributed by atoms with Crippen molar-refractivity contribution in [3.05, 3.63) is 34.3 Å². The minimum Gasteiger partial charge on any atom is -0.293 e. The summed E-state index contributed by atoms with van der Waals surface area (Å²) in [6.07, 6.45) is 1.43. The Kier molecular flexibility index (Phi) is 2.29. The van der Waals surface area contributed by atoms with Crippen LogP contribution in [0.2, 0.25) is 0 Å². The van der Waals surface area contributed by atoms with Gasteiger partial charge in [-0.3, -0.25) is 9.59 Å². The number of Topliss-reactive ketones (excluding diaryl/α,β-unsaturated/α-hetero) is 1. The van der Waals surface area contributed by atoms with Gasteiger partial charge >= 0.3 is 0 Å². The normalized spacial score (nSPS) is 13.1. The zero-order valence-electron chi connectivity index (χ0n) is 7.16. The number of carbonyl (C=O) groups excluding carboxylic acids is 2. The van der Waals surface area contributed by atoms with E-state index in [0.717, 1.165) is 5.22 Å². The molecule has 1 aromatic carbocycles. The number of nitrogens with zero attached hydrogens (tertiary/aromatic N) is 1. The number of halogens is 1. The third-order valence-electron chi connectivity index (χ3n) is 1.98. The van der Waals surface area contributed by atoms with Crippen LogP contribution >= 0.6 is 15.9 Å². The maximum Gasteiger partial charge on any atom is 0.270 e. The molecular formula is C10H6BrNO2. The van der Waals surface area contributed by atoms with Crippen LogP contribution in [0.1, 0.15) is 10.4 Å². The molecular weight excluding hydrogens is 246 g/mol. The molecule has 0 fully saturated rings. The standard InChI is InChI=1S/C10H6BrNO2/c11-5-9(13)6-1-2-8-7(3-6)4-10(14)12-8/h1-4H,5H2. The molecule has 0 aliphatic carbocycles. The van der Waals surface area contributed by atoms with Crippen LogP contribution in [-0.4, -0.2) is 17.0 Å². The molecule has 1 amide bonds. The van der Waals surface area contributed by atoms with Gasteiger partial charge in [0.15, 0.2) is 5.78 Å². The molecule has 1 aliphatic rings. The number of rotatable bonds is 2. The summed E-state index contributed by atoms with van der Waals surface area (Å²) in [6, 6.07) is 5.05. The smallest absolute Gasteiger partial charge is 0.270 e. The lowest BCUT2D eigenvalue weighted by Crippen LogP contribution is -2.22. The Morgan fingerprint density at radius 2 is 2.21 bits per heavy atom. The molecule has 14 heavy (non-hydrogen) atoms. The first-order chi connectivity index (χ1) is 6.70. The molecule has 3 nitrogen and oxygen atoms in total. The van der Waals surface area contributed by atoms with E-state index >= 15 is 0 Å². The number of hydrogen-bond acceptors (Lipinski definition) is 2. The first-order valence-electron chi connectivity index (χ1n) is 4.04. The lowest BCUT2D eigenvalue weighted by Gasteiger charge is -1.94. The highest BCUT2D eigenvalue weighted by Gasteiger charge is 2.07. The van der Waals surface area contributed by atoms with Gasteiger partial charge in [0.2, 0.25) is 0 Å². The highest BCUT2D eigenvalue weighted by molar-refractivity contribution is 9.09. The number of amides is 1. The fourth-order valence-corrected chi connectivity index (χ4v) is 1.63. The summed E-state index contributed by atoms with van der Waals surface area (Å²) in [5.41, 5.74) is 0.599. The number of carbonyl (C=O) groups is 2. The Balaban J connectivity index is 2.60. The summed E-state index contributed by atoms with van der Waals surface area (Å²) < 4.78 is 0. The van der Waals surface area contributed by atoms with Crippen molar-refractivity contribution in [2.24, 2.45) is 4.99 Å². The number of ketones is 1. The molecule has 0 spiro atoms. The quantitative estimate of drug-likeness (QED) is 0.557. The van der Waals surface area contributed by atoms with Gasteiger partial charge in [-0.15, -0.1) is 0 Å². The highest BCUT2D eigenvalue weighted by atomic mass is 79.9. The van der Waals surface area contributed by atoms with Crippen molar-refractivity contribution in [3.8, 4) is 0 Å². The number of hydrogen-bond donors (Lipinski definition) is 0. The maximum absolute atomic E-state index is 11.3. The van der Waals surface area contributed by atoms with Crippen molar-refractivity contribution in [2.75, 3.05) is 5.33 Å². The zero-order valence-corrected chi connectivity index (χ0v) is 8.74. The minimum atomic E-state index is -0.261. The van der Waals surface area contributed by atoms with Crippen LogP contribution < -0.4 is 10.6 Å². The number of benzene rings is 1. The van der Waals surface area contributed by atoms with Gasteiger partial charge in [0.25, 0.3) is 5.91 Å². The average Bonchev–Trinajstić information content (AvgIpc) is 2.55. The average molecular weight is 252 g/mol. The third kappa shape index (κ3) is 1.53. The van der Waals surface area contributed by atoms with Crippen molar-refractivity contribution < 1.29 is 9.59 Å². The van der Waals surface area contributed by atoms with Crippen LogP contribution in [0.4, 0.5) is 0 Å². The Hall–Kier alpha value is -1.29. The number of fused-ring (bicyclic) bond motifs is 1. The minimum absolute atomic E-state index is 0.000508. The first kappa shape index (κ1) is 9.27. The van der Waals surface area contributed by atoms with E-state index in [4.69, 9.17) is 0 Å². The van der Waals surface area contributed by atoms with Gasteiger partial charge in [-0.2, -0.15) is 0 Å². The van der Waals surface area contributed by atoms with Gasteiger partial charge in [-0.05, 0) is 18.2 Å². The third-order valence-corrected chi connectivity index (χ3v) is 2.49. The van der Waals surface area contributed by atoms with Gasteiger partial charge in [0.05, 0.1) is 10.7 Å². The molecule has 0 aromatic heterocycles. The van der Waals surface area contributed by atoms with E-state index in [1.165, 1.54) is 6.08 Å². The largest absolute Gasteiger partial charge is 0.293 e. The van der Waals surface area contributed by atoms with Crippen LogP contribution in [0, 0.1) is 0 Å². The Morgan fingerprint density at radius 1 is 1.43 bits per heavy atom. The summed E-state index contributed by atoms with van der Waals surface area (Å²) in [7, 11) is 0. The molecule has 2 rings (SSSR count). The Labute approximate surface area is 88.3 Å². The van der Waals surface area contributed by atoms with Crippen LogP contribution in [0.15, 0.2) is 23.2 Å². The maximum atomic E-state index is 11.3. The van der Waals surface area contributed by atoms with E-state index in [9.17, 15) is 9.59 Å². The van der Waals surface area contributed by atoms with Crippen molar-refractivity contribution in [1.29, 1.82) is 0 Å². The lowest BCUT2D eigenvalue weighted by molar-refractivity contribution is -0.112. The van der Waals surface area contributed by atoms with E-state index in [-0.39, 0.29) is 17.0 Å². The highest BCUT2D eigenvalue weighted by Crippen LogP contribution is 1.98. The Bertz CT molecular complexity index is 534. The molecule has 1 aromatic rings. The van der Waals surface area contributed by atoms with Gasteiger partial charge < -0.3 is 0 Å². The predicted molar refractivity (Wildman–Crippen MR) is 54.8 cm³/mol. The van der Waals surface area contributed by atoms with Crippen molar-refractivity contribution in [3.63, 3.8) is 0 Å². The van der Waals surface area contributed by atoms with E-state index in [1.54, 1.807) is 18.2 Å². The molecule has 0 bridgehead atoms. The molecule has 0 saturated heterocycles. The first-order valence-corrected chi connectivity index (χ1v) is 5.16. The fraction of sp³-hybridized carbons (Fsp3) is 0.100. The van der Waals surface area contributed by atoms with Crippen molar-refractivity contribution in [1.82, 2.24) is 0 Å². The van der Waals surface area contributed by atoms with Crippen molar-refractivity contribution in [2.45, 2.75) is 0 Å².